The maximum Gasteiger partial charge on any atom is 0.295 e. The number of carbonyl (C=O) groups is 2. The van der Waals surface area contributed by atoms with Crippen LogP contribution in [0.4, 0.5) is 0 Å². The topological polar surface area (TPSA) is 71.8 Å². The number of aliphatic hydroxyl groups excluding tert-OH is 1. The molecule has 0 spiro atoms. The Morgan fingerprint density at radius 3 is 2.46 bits per heavy atom. The number of aryl methyl sites for hydroxylation is 1. The second-order valence-electron chi connectivity index (χ2n) is 10.1. The van der Waals surface area contributed by atoms with Crippen molar-refractivity contribution in [3.8, 4) is 5.75 Å². The van der Waals surface area contributed by atoms with Crippen molar-refractivity contribution in [3.05, 3.63) is 70.9 Å². The Morgan fingerprint density at radius 1 is 1.09 bits per heavy atom. The number of para-hydroxylation sites is 1. The number of ketones is 1. The lowest BCUT2D eigenvalue weighted by atomic mass is 9.84. The van der Waals surface area contributed by atoms with E-state index < -0.39 is 17.7 Å². The highest BCUT2D eigenvalue weighted by Gasteiger charge is 2.46. The average molecular weight is 475 g/mol. The van der Waals surface area contributed by atoms with Gasteiger partial charge in [-0.15, -0.1) is 0 Å². The predicted molar refractivity (Wildman–Crippen MR) is 139 cm³/mol. The summed E-state index contributed by atoms with van der Waals surface area (Å²) in [6, 6.07) is 12.7. The van der Waals surface area contributed by atoms with Crippen molar-refractivity contribution in [3.63, 3.8) is 0 Å². The quantitative estimate of drug-likeness (QED) is 0.282. The smallest absolute Gasteiger partial charge is 0.295 e. The van der Waals surface area contributed by atoms with E-state index in [1.807, 2.05) is 68.1 Å². The number of carbonyl (C=O) groups excluding carboxylic acids is 2. The molecule has 1 saturated heterocycles. The van der Waals surface area contributed by atoms with E-state index in [1.165, 1.54) is 0 Å². The molecule has 0 aliphatic carbocycles. The minimum atomic E-state index is -0.661. The molecule has 3 aromatic rings. The van der Waals surface area contributed by atoms with Crippen molar-refractivity contribution in [2.45, 2.75) is 52.5 Å². The third-order valence-electron chi connectivity index (χ3n) is 6.59. The fraction of sp³-hybridized carbons (Fsp3) is 0.379. The SMILES string of the molecule is CCCN1C(=O)C(=O)/C(=C(/O)c2ccc(OCC)c(C(C)(C)C)c2)C1c1cn(C)c2ccccc12. The number of Topliss-reactive ketones (excluding diaryl/α,β-unsaturated/α-hetero) is 1. The van der Waals surface area contributed by atoms with Gasteiger partial charge in [-0.3, -0.25) is 9.59 Å². The van der Waals surface area contributed by atoms with Crippen molar-refractivity contribution >= 4 is 28.4 Å². The van der Waals surface area contributed by atoms with Crippen LogP contribution in [0.2, 0.25) is 0 Å². The predicted octanol–water partition coefficient (Wildman–Crippen LogP) is 5.71. The standard InChI is InChI=1S/C29H34N2O4/c1-7-15-31-25(20-17-30(6)22-12-10-9-11-19(20)22)24(27(33)28(31)34)26(32)18-13-14-23(35-8-2)21(16-18)29(3,4)5/h9-14,16-17,25,32H,7-8,15H2,1-6H3/b26-24+. The number of rotatable bonds is 6. The van der Waals surface area contributed by atoms with Crippen LogP contribution < -0.4 is 4.74 Å². The van der Waals surface area contributed by atoms with E-state index >= 15 is 0 Å². The monoisotopic (exact) mass is 474 g/mol. The van der Waals surface area contributed by atoms with Gasteiger partial charge in [-0.1, -0.05) is 45.9 Å². The summed E-state index contributed by atoms with van der Waals surface area (Å²) >= 11 is 0. The molecular weight excluding hydrogens is 440 g/mol. The minimum absolute atomic E-state index is 0.129. The van der Waals surface area contributed by atoms with Crippen LogP contribution in [0, 0.1) is 0 Å². The van der Waals surface area contributed by atoms with Crippen molar-refractivity contribution in [2.75, 3.05) is 13.2 Å². The summed E-state index contributed by atoms with van der Waals surface area (Å²) in [7, 11) is 1.94. The molecule has 1 aromatic heterocycles. The van der Waals surface area contributed by atoms with E-state index in [0.717, 1.165) is 27.8 Å². The molecule has 1 atom stereocenters. The van der Waals surface area contributed by atoms with Crippen LogP contribution in [0.15, 0.2) is 54.2 Å². The molecule has 1 aliphatic rings. The summed E-state index contributed by atoms with van der Waals surface area (Å²) in [6.07, 6.45) is 2.65. The van der Waals surface area contributed by atoms with Crippen molar-refractivity contribution in [2.24, 2.45) is 7.05 Å². The van der Waals surface area contributed by atoms with Crippen molar-refractivity contribution in [1.29, 1.82) is 0 Å². The fourth-order valence-electron chi connectivity index (χ4n) is 4.97. The zero-order chi connectivity index (χ0) is 25.5. The second kappa shape index (κ2) is 9.25. The fourth-order valence-corrected chi connectivity index (χ4v) is 4.97. The van der Waals surface area contributed by atoms with E-state index in [2.05, 4.69) is 20.8 Å². The van der Waals surface area contributed by atoms with Gasteiger partial charge in [-0.25, -0.2) is 0 Å². The number of benzene rings is 2. The Balaban J connectivity index is 1.96. The molecule has 184 valence electrons. The third kappa shape index (κ3) is 4.22. The number of nitrogens with zero attached hydrogens (tertiary/aromatic N) is 2. The normalized spacial score (nSPS) is 18.0. The van der Waals surface area contributed by atoms with Crippen LogP contribution in [-0.2, 0) is 22.1 Å². The Labute approximate surface area is 206 Å². The minimum Gasteiger partial charge on any atom is -0.507 e. The zero-order valence-electron chi connectivity index (χ0n) is 21.4. The second-order valence-corrected chi connectivity index (χ2v) is 10.1. The van der Waals surface area contributed by atoms with Gasteiger partial charge >= 0.3 is 0 Å². The lowest BCUT2D eigenvalue weighted by Crippen LogP contribution is -2.30. The summed E-state index contributed by atoms with van der Waals surface area (Å²) in [5, 5.41) is 12.5. The first-order valence-corrected chi connectivity index (χ1v) is 12.2. The summed E-state index contributed by atoms with van der Waals surface area (Å²) in [5.41, 5.74) is 3.14. The number of aromatic nitrogens is 1. The Morgan fingerprint density at radius 2 is 1.80 bits per heavy atom. The van der Waals surface area contributed by atoms with E-state index in [9.17, 15) is 14.7 Å². The van der Waals surface area contributed by atoms with Gasteiger partial charge in [-0.2, -0.15) is 0 Å². The van der Waals surface area contributed by atoms with Crippen LogP contribution in [0.1, 0.15) is 63.8 Å². The number of fused-ring (bicyclic) bond motifs is 1. The highest BCUT2D eigenvalue weighted by Crippen LogP contribution is 2.43. The van der Waals surface area contributed by atoms with Gasteiger partial charge in [0.2, 0.25) is 0 Å². The van der Waals surface area contributed by atoms with Gasteiger partial charge in [0.05, 0.1) is 18.2 Å². The summed E-state index contributed by atoms with van der Waals surface area (Å²) < 4.78 is 7.81. The molecule has 35 heavy (non-hydrogen) atoms. The van der Waals surface area contributed by atoms with E-state index in [0.29, 0.717) is 25.1 Å². The molecule has 2 aromatic carbocycles. The third-order valence-corrected chi connectivity index (χ3v) is 6.59. The number of aliphatic hydroxyl groups is 1. The molecule has 6 nitrogen and oxygen atoms in total. The average Bonchev–Trinajstić information content (AvgIpc) is 3.27. The van der Waals surface area contributed by atoms with Gasteiger partial charge in [0.25, 0.3) is 11.7 Å². The van der Waals surface area contributed by atoms with Crippen LogP contribution in [-0.4, -0.2) is 39.4 Å². The van der Waals surface area contributed by atoms with Gasteiger partial charge in [0.1, 0.15) is 11.5 Å². The Hall–Kier alpha value is -3.54. The maximum absolute atomic E-state index is 13.3. The molecule has 0 bridgehead atoms. The number of ether oxygens (including phenoxy) is 1. The molecule has 1 fully saturated rings. The lowest BCUT2D eigenvalue weighted by Gasteiger charge is -2.25. The van der Waals surface area contributed by atoms with Crippen LogP contribution >= 0.6 is 0 Å². The largest absolute Gasteiger partial charge is 0.507 e. The van der Waals surface area contributed by atoms with E-state index in [-0.39, 0.29) is 16.7 Å². The maximum atomic E-state index is 13.3. The first-order valence-electron chi connectivity index (χ1n) is 12.2. The molecule has 2 heterocycles. The van der Waals surface area contributed by atoms with Crippen molar-refractivity contribution < 1.29 is 19.4 Å². The highest BCUT2D eigenvalue weighted by atomic mass is 16.5. The molecule has 6 heteroatoms. The Bertz CT molecular complexity index is 1330. The number of likely N-dealkylation sites (tertiary alicyclic amines) is 1. The molecule has 1 N–H and O–H groups in total. The van der Waals surface area contributed by atoms with Crippen LogP contribution in [0.25, 0.3) is 16.7 Å². The van der Waals surface area contributed by atoms with E-state index in [1.54, 1.807) is 11.0 Å². The summed E-state index contributed by atoms with van der Waals surface area (Å²) in [5.74, 6) is -0.643. The van der Waals surface area contributed by atoms with Gasteiger partial charge in [0.15, 0.2) is 0 Å². The van der Waals surface area contributed by atoms with Gasteiger partial charge in [-0.05, 0) is 43.0 Å². The zero-order valence-corrected chi connectivity index (χ0v) is 21.4. The lowest BCUT2D eigenvalue weighted by molar-refractivity contribution is -0.139. The van der Waals surface area contributed by atoms with Crippen LogP contribution in [0.3, 0.4) is 0 Å². The molecule has 1 amide bonds. The van der Waals surface area contributed by atoms with Gasteiger partial charge in [0, 0.05) is 47.4 Å². The summed E-state index contributed by atoms with van der Waals surface area (Å²) in [4.78, 5) is 28.1. The molecule has 0 radical (unpaired) electrons. The van der Waals surface area contributed by atoms with Crippen molar-refractivity contribution in [1.82, 2.24) is 9.47 Å². The summed E-state index contributed by atoms with van der Waals surface area (Å²) in [6.45, 7) is 11.1. The van der Waals surface area contributed by atoms with Crippen LogP contribution in [0.5, 0.6) is 5.75 Å². The molecule has 1 unspecified atom stereocenters. The molecular formula is C29H34N2O4. The first-order chi connectivity index (χ1) is 16.6. The first kappa shape index (κ1) is 24.6. The Kier molecular flexibility index (Phi) is 6.50. The molecule has 0 saturated carbocycles. The van der Waals surface area contributed by atoms with Gasteiger partial charge < -0.3 is 19.3 Å². The number of hydrogen-bond donors (Lipinski definition) is 1. The molecule has 1 aliphatic heterocycles. The van der Waals surface area contributed by atoms with E-state index in [4.69, 9.17) is 4.74 Å². The number of hydrogen-bond acceptors (Lipinski definition) is 4. The number of amides is 1. The highest BCUT2D eigenvalue weighted by molar-refractivity contribution is 6.46. The molecule has 4 rings (SSSR count).